The van der Waals surface area contributed by atoms with Crippen LogP contribution in [-0.4, -0.2) is 24.5 Å². The molecule has 1 heteroatoms. The van der Waals surface area contributed by atoms with Gasteiger partial charge in [-0.1, -0.05) is 123 Å². The van der Waals surface area contributed by atoms with E-state index in [-0.39, 0.29) is 0 Å². The van der Waals surface area contributed by atoms with E-state index in [2.05, 4.69) is 18.7 Å². The second-order valence-electron chi connectivity index (χ2n) is 9.40. The van der Waals surface area contributed by atoms with E-state index in [1.54, 1.807) is 0 Å². The molecule has 1 rings (SSSR count). The summed E-state index contributed by atoms with van der Waals surface area (Å²) in [5, 5.41) is 0. The Hall–Kier alpha value is -0.0400. The molecule has 0 aromatic heterocycles. The maximum atomic E-state index is 2.76. The zero-order chi connectivity index (χ0) is 19.4. The lowest BCUT2D eigenvalue weighted by molar-refractivity contribution is 0.309. The zero-order valence-electron chi connectivity index (χ0n) is 19.3. The summed E-state index contributed by atoms with van der Waals surface area (Å²) in [4.78, 5) is 2.76. The zero-order valence-corrected chi connectivity index (χ0v) is 19.3. The quantitative estimate of drug-likeness (QED) is 0.191. The summed E-state index contributed by atoms with van der Waals surface area (Å²) in [7, 11) is 0. The third kappa shape index (κ3) is 15.5. The van der Waals surface area contributed by atoms with Crippen LogP contribution in [0.3, 0.4) is 0 Å². The molecule has 27 heavy (non-hydrogen) atoms. The van der Waals surface area contributed by atoms with Gasteiger partial charge in [-0.2, -0.15) is 0 Å². The summed E-state index contributed by atoms with van der Waals surface area (Å²) in [5.41, 5.74) is 0. The maximum Gasteiger partial charge on any atom is 0.00101 e. The molecule has 1 aliphatic rings. The third-order valence-electron chi connectivity index (χ3n) is 6.66. The first-order chi connectivity index (χ1) is 13.4. The number of unbranched alkanes of at least 4 members (excludes halogenated alkanes) is 16. The molecule has 1 saturated heterocycles. The Kier molecular flexibility index (Phi) is 17.9. The van der Waals surface area contributed by atoms with E-state index in [9.17, 15) is 0 Å². The van der Waals surface area contributed by atoms with E-state index in [1.807, 2.05) is 0 Å². The molecular formula is C26H53N. The fraction of sp³-hybridized carbons (Fsp3) is 1.00. The van der Waals surface area contributed by atoms with E-state index in [0.29, 0.717) is 0 Å². The molecule has 0 aromatic rings. The van der Waals surface area contributed by atoms with Gasteiger partial charge in [0, 0.05) is 6.54 Å². The highest BCUT2D eigenvalue weighted by Gasteiger charge is 2.21. The Morgan fingerprint density at radius 2 is 1.00 bits per heavy atom. The number of rotatable bonds is 20. The predicted octanol–water partition coefficient (Wildman–Crippen LogP) is 8.76. The van der Waals surface area contributed by atoms with E-state index in [4.69, 9.17) is 0 Å². The monoisotopic (exact) mass is 379 g/mol. The van der Waals surface area contributed by atoms with Crippen LogP contribution in [0.2, 0.25) is 0 Å². The highest BCUT2D eigenvalue weighted by molar-refractivity contribution is 4.75. The molecular weight excluding hydrogens is 326 g/mol. The lowest BCUT2D eigenvalue weighted by Gasteiger charge is -2.16. The van der Waals surface area contributed by atoms with Crippen molar-refractivity contribution in [2.24, 2.45) is 5.92 Å². The minimum atomic E-state index is 1.02. The summed E-state index contributed by atoms with van der Waals surface area (Å²) < 4.78 is 0. The van der Waals surface area contributed by atoms with Crippen molar-refractivity contribution in [2.75, 3.05) is 19.6 Å². The van der Waals surface area contributed by atoms with Gasteiger partial charge >= 0.3 is 0 Å². The minimum absolute atomic E-state index is 1.02. The standard InChI is InChI=1S/C26H53N/c1-3-5-7-9-11-13-15-17-19-21-26-22-24-27(25-26)23-20-18-16-14-12-10-8-6-4-2/h26H,3-25H2,1-2H3. The van der Waals surface area contributed by atoms with Gasteiger partial charge in [0.1, 0.15) is 0 Å². The summed E-state index contributed by atoms with van der Waals surface area (Å²) in [5.74, 6) is 1.02. The van der Waals surface area contributed by atoms with Crippen LogP contribution in [0.4, 0.5) is 0 Å². The molecule has 1 heterocycles. The number of likely N-dealkylation sites (tertiary alicyclic amines) is 1. The van der Waals surface area contributed by atoms with Gasteiger partial charge in [0.2, 0.25) is 0 Å². The number of hydrogen-bond donors (Lipinski definition) is 0. The molecule has 1 atom stereocenters. The molecule has 0 N–H and O–H groups in total. The molecule has 0 aromatic carbocycles. The predicted molar refractivity (Wildman–Crippen MR) is 124 cm³/mol. The molecule has 0 radical (unpaired) electrons. The summed E-state index contributed by atoms with van der Waals surface area (Å²) in [6, 6.07) is 0. The van der Waals surface area contributed by atoms with Crippen molar-refractivity contribution in [3.05, 3.63) is 0 Å². The summed E-state index contributed by atoms with van der Waals surface area (Å²) in [6.45, 7) is 8.79. The Labute approximate surface area is 173 Å². The Morgan fingerprint density at radius 1 is 0.556 bits per heavy atom. The Balaban J connectivity index is 1.81. The van der Waals surface area contributed by atoms with Gasteiger partial charge in [-0.3, -0.25) is 0 Å². The van der Waals surface area contributed by atoms with E-state index >= 15 is 0 Å². The Bertz CT molecular complexity index is 260. The first kappa shape index (κ1) is 25.0. The topological polar surface area (TPSA) is 3.24 Å². The second kappa shape index (κ2) is 19.3. The van der Waals surface area contributed by atoms with Gasteiger partial charge in [0.15, 0.2) is 0 Å². The van der Waals surface area contributed by atoms with Crippen LogP contribution in [-0.2, 0) is 0 Å². The molecule has 0 saturated carbocycles. The summed E-state index contributed by atoms with van der Waals surface area (Å²) >= 11 is 0. The minimum Gasteiger partial charge on any atom is -0.303 e. The smallest absolute Gasteiger partial charge is 0.00101 e. The molecule has 1 unspecified atom stereocenters. The Morgan fingerprint density at radius 3 is 1.52 bits per heavy atom. The second-order valence-corrected chi connectivity index (χ2v) is 9.40. The van der Waals surface area contributed by atoms with Gasteiger partial charge in [0.05, 0.1) is 0 Å². The van der Waals surface area contributed by atoms with E-state index < -0.39 is 0 Å². The molecule has 0 aliphatic carbocycles. The molecule has 0 amide bonds. The van der Waals surface area contributed by atoms with Crippen molar-refractivity contribution in [3.8, 4) is 0 Å². The summed E-state index contributed by atoms with van der Waals surface area (Å²) in [6.07, 6.45) is 29.3. The van der Waals surface area contributed by atoms with Crippen molar-refractivity contribution >= 4 is 0 Å². The largest absolute Gasteiger partial charge is 0.303 e. The van der Waals surface area contributed by atoms with Crippen molar-refractivity contribution < 1.29 is 0 Å². The van der Waals surface area contributed by atoms with Crippen LogP contribution in [0, 0.1) is 5.92 Å². The van der Waals surface area contributed by atoms with Gasteiger partial charge < -0.3 is 4.90 Å². The van der Waals surface area contributed by atoms with Crippen molar-refractivity contribution in [3.63, 3.8) is 0 Å². The fourth-order valence-corrected chi connectivity index (χ4v) is 4.74. The van der Waals surface area contributed by atoms with Crippen molar-refractivity contribution in [2.45, 2.75) is 142 Å². The number of nitrogens with zero attached hydrogens (tertiary/aromatic N) is 1. The molecule has 1 nitrogen and oxygen atoms in total. The van der Waals surface area contributed by atoms with Crippen LogP contribution < -0.4 is 0 Å². The lowest BCUT2D eigenvalue weighted by Crippen LogP contribution is -2.21. The van der Waals surface area contributed by atoms with E-state index in [1.165, 1.54) is 148 Å². The first-order valence-electron chi connectivity index (χ1n) is 13.1. The highest BCUT2D eigenvalue weighted by atomic mass is 15.1. The fourth-order valence-electron chi connectivity index (χ4n) is 4.74. The van der Waals surface area contributed by atoms with Gasteiger partial charge in [0.25, 0.3) is 0 Å². The highest BCUT2D eigenvalue weighted by Crippen LogP contribution is 2.23. The van der Waals surface area contributed by atoms with Gasteiger partial charge in [-0.15, -0.1) is 0 Å². The molecule has 0 bridgehead atoms. The molecule has 1 aliphatic heterocycles. The number of hydrogen-bond acceptors (Lipinski definition) is 1. The normalized spacial score (nSPS) is 17.8. The van der Waals surface area contributed by atoms with Crippen LogP contribution in [0.1, 0.15) is 142 Å². The molecule has 162 valence electrons. The van der Waals surface area contributed by atoms with Crippen LogP contribution in [0.25, 0.3) is 0 Å². The maximum absolute atomic E-state index is 2.76. The molecule has 1 fully saturated rings. The molecule has 0 spiro atoms. The average molecular weight is 380 g/mol. The van der Waals surface area contributed by atoms with Gasteiger partial charge in [-0.25, -0.2) is 0 Å². The lowest BCUT2D eigenvalue weighted by atomic mass is 9.99. The van der Waals surface area contributed by atoms with Crippen LogP contribution in [0.15, 0.2) is 0 Å². The third-order valence-corrected chi connectivity index (χ3v) is 6.66. The SMILES string of the molecule is CCCCCCCCCCCC1CCN(CCCCCCCCCCC)C1. The average Bonchev–Trinajstić information content (AvgIpc) is 3.13. The van der Waals surface area contributed by atoms with E-state index in [0.717, 1.165) is 5.92 Å². The van der Waals surface area contributed by atoms with Crippen molar-refractivity contribution in [1.82, 2.24) is 4.90 Å². The van der Waals surface area contributed by atoms with Crippen LogP contribution >= 0.6 is 0 Å². The van der Waals surface area contributed by atoms with Crippen LogP contribution in [0.5, 0.6) is 0 Å². The van der Waals surface area contributed by atoms with Crippen molar-refractivity contribution in [1.29, 1.82) is 0 Å². The first-order valence-corrected chi connectivity index (χ1v) is 13.1. The van der Waals surface area contributed by atoms with Gasteiger partial charge in [-0.05, 0) is 38.3 Å².